The SMILES string of the molecule is COc1cc(CNC(=O)c2ccc(COc3cccc(C(c4ccccc4)N(C(=O)O)[C@H]4CN5CCC4CC5)c3)cc2)ccc1CNC[C@@H](O)c1ccc(O)c2[nH]c(=O)ccc12. The zero-order valence-electron chi connectivity index (χ0n) is 34.5. The molecule has 320 valence electrons. The summed E-state index contributed by atoms with van der Waals surface area (Å²) >= 11 is 0. The van der Waals surface area contributed by atoms with Crippen molar-refractivity contribution in [2.24, 2.45) is 5.92 Å². The number of pyridine rings is 1. The summed E-state index contributed by atoms with van der Waals surface area (Å²) in [6, 6.07) is 35.9. The average Bonchev–Trinajstić information content (AvgIpc) is 3.30. The number of phenolic OH excluding ortho intramolecular Hbond substituents is 1. The first-order valence-corrected chi connectivity index (χ1v) is 20.9. The summed E-state index contributed by atoms with van der Waals surface area (Å²) in [5.41, 5.74) is 5.36. The molecule has 3 saturated heterocycles. The first kappa shape index (κ1) is 42.0. The van der Waals surface area contributed by atoms with Crippen LogP contribution in [0.15, 0.2) is 126 Å². The van der Waals surface area contributed by atoms with Crippen molar-refractivity contribution in [2.45, 2.75) is 50.7 Å². The number of methoxy groups -OCH3 is 1. The number of aromatic nitrogens is 1. The van der Waals surface area contributed by atoms with E-state index in [4.69, 9.17) is 9.47 Å². The zero-order chi connectivity index (χ0) is 43.2. The van der Waals surface area contributed by atoms with Crippen molar-refractivity contribution in [1.29, 1.82) is 0 Å². The fourth-order valence-electron chi connectivity index (χ4n) is 8.87. The van der Waals surface area contributed by atoms with Crippen LogP contribution in [0.3, 0.4) is 0 Å². The highest BCUT2D eigenvalue weighted by atomic mass is 16.5. The summed E-state index contributed by atoms with van der Waals surface area (Å²) in [6.45, 7) is 3.94. The number of aliphatic hydroxyl groups is 1. The van der Waals surface area contributed by atoms with Gasteiger partial charge in [0.1, 0.15) is 23.9 Å². The number of fused-ring (bicyclic) bond motifs is 4. The molecule has 13 nitrogen and oxygen atoms in total. The lowest BCUT2D eigenvalue weighted by Crippen LogP contribution is -2.59. The lowest BCUT2D eigenvalue weighted by molar-refractivity contribution is -0.000814. The second-order valence-corrected chi connectivity index (χ2v) is 16.0. The van der Waals surface area contributed by atoms with Crippen LogP contribution in [-0.2, 0) is 19.7 Å². The molecular weight excluding hydrogens is 787 g/mol. The number of nitrogens with one attached hydrogen (secondary N) is 3. The Hall–Kier alpha value is -6.67. The lowest BCUT2D eigenvalue weighted by atomic mass is 9.81. The number of aromatic hydroxyl groups is 1. The van der Waals surface area contributed by atoms with E-state index in [0.29, 0.717) is 40.5 Å². The van der Waals surface area contributed by atoms with Crippen molar-refractivity contribution in [3.63, 3.8) is 0 Å². The number of aromatic amines is 1. The number of nitrogens with zero attached hydrogens (tertiary/aromatic N) is 2. The van der Waals surface area contributed by atoms with E-state index < -0.39 is 18.2 Å². The van der Waals surface area contributed by atoms with Gasteiger partial charge in [-0.1, -0.05) is 72.8 Å². The first-order chi connectivity index (χ1) is 30.1. The summed E-state index contributed by atoms with van der Waals surface area (Å²) in [7, 11) is 1.58. The molecule has 1 unspecified atom stereocenters. The predicted octanol–water partition coefficient (Wildman–Crippen LogP) is 6.74. The number of aliphatic hydroxyl groups excluding tert-OH is 1. The Morgan fingerprint density at radius 1 is 0.871 bits per heavy atom. The van der Waals surface area contributed by atoms with E-state index in [1.54, 1.807) is 36.3 Å². The maximum Gasteiger partial charge on any atom is 0.408 e. The van der Waals surface area contributed by atoms with Gasteiger partial charge in [0, 0.05) is 48.8 Å². The molecule has 62 heavy (non-hydrogen) atoms. The minimum atomic E-state index is -0.923. The van der Waals surface area contributed by atoms with E-state index in [1.807, 2.05) is 84.9 Å². The van der Waals surface area contributed by atoms with Crippen LogP contribution >= 0.6 is 0 Å². The van der Waals surface area contributed by atoms with Crippen molar-refractivity contribution in [1.82, 2.24) is 25.4 Å². The van der Waals surface area contributed by atoms with Gasteiger partial charge in [-0.25, -0.2) is 4.79 Å². The van der Waals surface area contributed by atoms with Gasteiger partial charge in [0.25, 0.3) is 5.91 Å². The van der Waals surface area contributed by atoms with Crippen LogP contribution in [0.5, 0.6) is 17.2 Å². The van der Waals surface area contributed by atoms with Crippen molar-refractivity contribution < 1.29 is 34.4 Å². The normalized spacial score (nSPS) is 17.9. The van der Waals surface area contributed by atoms with Crippen LogP contribution in [0.1, 0.15) is 68.7 Å². The van der Waals surface area contributed by atoms with Crippen LogP contribution in [0, 0.1) is 5.92 Å². The van der Waals surface area contributed by atoms with Crippen LogP contribution in [-0.4, -0.2) is 81.4 Å². The number of hydrogen-bond acceptors (Lipinski definition) is 9. The minimum absolute atomic E-state index is 0.0678. The number of rotatable bonds is 16. The summed E-state index contributed by atoms with van der Waals surface area (Å²) in [4.78, 5) is 44.6. The van der Waals surface area contributed by atoms with E-state index in [1.165, 1.54) is 12.1 Å². The molecule has 3 atom stereocenters. The molecule has 0 radical (unpaired) electrons. The third kappa shape index (κ3) is 9.45. The Morgan fingerprint density at radius 3 is 2.35 bits per heavy atom. The molecule has 0 aliphatic carbocycles. The van der Waals surface area contributed by atoms with E-state index >= 15 is 0 Å². The molecule has 1 aromatic heterocycles. The van der Waals surface area contributed by atoms with Crippen molar-refractivity contribution in [3.05, 3.63) is 171 Å². The van der Waals surface area contributed by atoms with Crippen molar-refractivity contribution in [2.75, 3.05) is 33.3 Å². The number of ether oxygens (including phenoxy) is 2. The zero-order valence-corrected chi connectivity index (χ0v) is 34.5. The van der Waals surface area contributed by atoms with Gasteiger partial charge in [-0.05, 0) is 102 Å². The van der Waals surface area contributed by atoms with Crippen LogP contribution in [0.25, 0.3) is 10.9 Å². The Balaban J connectivity index is 0.854. The highest BCUT2D eigenvalue weighted by Crippen LogP contribution is 2.39. The van der Waals surface area contributed by atoms with Gasteiger partial charge in [-0.15, -0.1) is 0 Å². The fraction of sp³-hybridized carbons (Fsp3) is 0.286. The van der Waals surface area contributed by atoms with E-state index in [2.05, 4.69) is 20.5 Å². The number of carboxylic acid groups (broad SMARTS) is 1. The Bertz CT molecular complexity index is 2570. The van der Waals surface area contributed by atoms with Crippen molar-refractivity contribution >= 4 is 22.9 Å². The van der Waals surface area contributed by atoms with Gasteiger partial charge in [-0.2, -0.15) is 0 Å². The molecule has 2 amide bonds. The molecule has 9 rings (SSSR count). The van der Waals surface area contributed by atoms with E-state index in [0.717, 1.165) is 60.3 Å². The number of carbonyl (C=O) groups is 2. The van der Waals surface area contributed by atoms with Gasteiger partial charge in [0.15, 0.2) is 0 Å². The summed E-state index contributed by atoms with van der Waals surface area (Å²) in [5, 5.41) is 38.6. The van der Waals surface area contributed by atoms with Crippen LogP contribution in [0.2, 0.25) is 0 Å². The minimum Gasteiger partial charge on any atom is -0.506 e. The first-order valence-electron chi connectivity index (χ1n) is 20.9. The number of phenols is 1. The molecule has 2 bridgehead atoms. The maximum atomic E-state index is 13.2. The molecule has 0 spiro atoms. The summed E-state index contributed by atoms with van der Waals surface area (Å²) in [6.07, 6.45) is 0.186. The van der Waals surface area contributed by atoms with Gasteiger partial charge >= 0.3 is 6.09 Å². The highest BCUT2D eigenvalue weighted by molar-refractivity contribution is 5.94. The van der Waals surface area contributed by atoms with Gasteiger partial charge < -0.3 is 45.3 Å². The van der Waals surface area contributed by atoms with Gasteiger partial charge in [0.05, 0.1) is 30.8 Å². The number of benzene rings is 5. The highest BCUT2D eigenvalue weighted by Gasteiger charge is 2.43. The van der Waals surface area contributed by atoms with E-state index in [-0.39, 0.29) is 48.5 Å². The largest absolute Gasteiger partial charge is 0.506 e. The van der Waals surface area contributed by atoms with E-state index in [9.17, 15) is 29.7 Å². The smallest absolute Gasteiger partial charge is 0.408 e. The quantitative estimate of drug-likeness (QED) is 0.0613. The third-order valence-electron chi connectivity index (χ3n) is 12.1. The van der Waals surface area contributed by atoms with Crippen LogP contribution < -0.4 is 25.7 Å². The molecule has 13 heteroatoms. The number of piperidine rings is 3. The Labute approximate surface area is 359 Å². The van der Waals surface area contributed by atoms with Gasteiger partial charge in [-0.3, -0.25) is 14.5 Å². The molecule has 3 fully saturated rings. The third-order valence-corrected chi connectivity index (χ3v) is 12.1. The molecule has 6 N–H and O–H groups in total. The number of carbonyl (C=O) groups excluding carboxylic acids is 1. The Kier molecular flexibility index (Phi) is 12.8. The fourth-order valence-corrected chi connectivity index (χ4v) is 8.87. The maximum absolute atomic E-state index is 13.2. The second kappa shape index (κ2) is 18.9. The molecule has 4 heterocycles. The number of hydrogen-bond donors (Lipinski definition) is 6. The number of H-pyrrole nitrogens is 1. The standard InChI is InChI=1S/C49H51N5O8/c1-61-44-24-32(12-15-37(44)27-50-28-43(56)39-16-18-42(55)46-40(39)17-19-45(57)52-46)26-51-48(58)35-13-10-31(11-14-35)30-62-38-9-5-8-36(25-38)47(34-6-3-2-4-7-34)54(49(59)60)41-29-53-22-20-33(41)21-23-53/h2-19,24-25,33,41,43,47,50,55-56H,20-23,26-30H2,1H3,(H,51,58)(H,52,57)(H,59,60)/t41-,43+,47?/m0/s1. The van der Waals surface area contributed by atoms with Gasteiger partial charge in [0.2, 0.25) is 5.56 Å². The number of amides is 2. The summed E-state index contributed by atoms with van der Waals surface area (Å²) in [5.74, 6) is 1.30. The second-order valence-electron chi connectivity index (χ2n) is 16.0. The predicted molar refractivity (Wildman–Crippen MR) is 235 cm³/mol. The average molecular weight is 838 g/mol. The molecule has 5 aromatic carbocycles. The molecular formula is C49H51N5O8. The van der Waals surface area contributed by atoms with Crippen LogP contribution in [0.4, 0.5) is 4.79 Å². The van der Waals surface area contributed by atoms with Crippen molar-refractivity contribution in [3.8, 4) is 17.2 Å². The molecule has 6 aromatic rings. The monoisotopic (exact) mass is 837 g/mol. The summed E-state index contributed by atoms with van der Waals surface area (Å²) < 4.78 is 11.9. The topological polar surface area (TPSA) is 177 Å². The Morgan fingerprint density at radius 2 is 1.63 bits per heavy atom. The molecule has 0 saturated carbocycles. The lowest BCUT2D eigenvalue weighted by Gasteiger charge is -2.50. The molecule has 3 aliphatic heterocycles. The molecule has 3 aliphatic rings.